The molecule has 110 valence electrons. The molecule has 5 nitrogen and oxygen atoms in total. The lowest BCUT2D eigenvalue weighted by Crippen LogP contribution is -2.18. The molecule has 0 unspecified atom stereocenters. The molecule has 20 heavy (non-hydrogen) atoms. The van der Waals surface area contributed by atoms with Crippen LogP contribution < -0.4 is 0 Å². The van der Waals surface area contributed by atoms with Gasteiger partial charge in [0.15, 0.2) is 0 Å². The van der Waals surface area contributed by atoms with E-state index in [2.05, 4.69) is 9.72 Å². The molecule has 0 bridgehead atoms. The van der Waals surface area contributed by atoms with E-state index in [-0.39, 0.29) is 10.6 Å². The van der Waals surface area contributed by atoms with Gasteiger partial charge in [0.25, 0.3) is 5.24 Å². The Hall–Kier alpha value is -1.77. The Bertz CT molecular complexity index is 532. The molecule has 0 saturated heterocycles. The number of rotatable bonds is 2. The highest BCUT2D eigenvalue weighted by Gasteiger charge is 2.34. The minimum absolute atomic E-state index is 0.194. The Morgan fingerprint density at radius 3 is 2.35 bits per heavy atom. The number of amides is 1. The van der Waals surface area contributed by atoms with Crippen LogP contribution in [0.1, 0.15) is 16.1 Å². The summed E-state index contributed by atoms with van der Waals surface area (Å²) in [5, 5.41) is -0.896. The number of aromatic nitrogens is 1. The number of hydrogen-bond donors (Lipinski definition) is 0. The average Bonchev–Trinajstić information content (AvgIpc) is 2.36. The van der Waals surface area contributed by atoms with Crippen LogP contribution in [0.5, 0.6) is 0 Å². The fraction of sp³-hybridized carbons (Fsp3) is 0.364. The molecule has 0 aliphatic rings. The second kappa shape index (κ2) is 6.12. The van der Waals surface area contributed by atoms with Gasteiger partial charge in [0.05, 0.1) is 12.7 Å². The van der Waals surface area contributed by atoms with Crippen LogP contribution in [0.25, 0.3) is 0 Å². The zero-order chi connectivity index (χ0) is 15.5. The molecule has 0 atom stereocenters. The summed E-state index contributed by atoms with van der Waals surface area (Å²) in [5.74, 6) is -0.861. The molecule has 1 aromatic heterocycles. The van der Waals surface area contributed by atoms with E-state index in [1.165, 1.54) is 14.1 Å². The summed E-state index contributed by atoms with van der Waals surface area (Å²) in [6.07, 6.45) is -4.66. The first-order chi connectivity index (χ1) is 9.16. The first-order valence-corrected chi connectivity index (χ1v) is 6.04. The largest absolute Gasteiger partial charge is 0.465 e. The predicted octanol–water partition coefficient (Wildman–Crippen LogP) is 2.66. The second-order valence-electron chi connectivity index (χ2n) is 3.80. The van der Waals surface area contributed by atoms with Crippen molar-refractivity contribution in [3.05, 3.63) is 23.4 Å². The summed E-state index contributed by atoms with van der Waals surface area (Å²) >= 11 is 0.427. The van der Waals surface area contributed by atoms with E-state index < -0.39 is 23.1 Å². The van der Waals surface area contributed by atoms with Crippen molar-refractivity contribution < 1.29 is 27.5 Å². The van der Waals surface area contributed by atoms with E-state index in [1.807, 2.05) is 0 Å². The van der Waals surface area contributed by atoms with Crippen LogP contribution in [0.4, 0.5) is 18.0 Å². The number of thioether (sulfide) groups is 1. The van der Waals surface area contributed by atoms with Crippen LogP contribution in [-0.4, -0.2) is 42.3 Å². The first-order valence-electron chi connectivity index (χ1n) is 5.22. The maximum Gasteiger partial charge on any atom is 0.433 e. The van der Waals surface area contributed by atoms with E-state index in [0.29, 0.717) is 17.8 Å². The molecule has 0 spiro atoms. The molecule has 0 aliphatic heterocycles. The number of ether oxygens (including phenoxy) is 1. The summed E-state index contributed by atoms with van der Waals surface area (Å²) < 4.78 is 42.2. The maximum atomic E-state index is 12.6. The normalized spacial score (nSPS) is 11.1. The van der Waals surface area contributed by atoms with Crippen LogP contribution in [0.15, 0.2) is 17.2 Å². The van der Waals surface area contributed by atoms with Crippen molar-refractivity contribution >= 4 is 23.0 Å². The van der Waals surface area contributed by atoms with Gasteiger partial charge in [0.1, 0.15) is 10.7 Å². The Labute approximate surface area is 117 Å². The Balaban J connectivity index is 3.26. The van der Waals surface area contributed by atoms with Gasteiger partial charge in [-0.15, -0.1) is 0 Å². The van der Waals surface area contributed by atoms with Gasteiger partial charge in [0, 0.05) is 14.1 Å². The maximum absolute atomic E-state index is 12.6. The minimum Gasteiger partial charge on any atom is -0.465 e. The fourth-order valence-electron chi connectivity index (χ4n) is 1.12. The topological polar surface area (TPSA) is 59.5 Å². The third-order valence-corrected chi connectivity index (χ3v) is 3.15. The van der Waals surface area contributed by atoms with Crippen molar-refractivity contribution in [2.24, 2.45) is 0 Å². The van der Waals surface area contributed by atoms with Crippen molar-refractivity contribution in [3.63, 3.8) is 0 Å². The van der Waals surface area contributed by atoms with Gasteiger partial charge in [-0.1, -0.05) is 0 Å². The van der Waals surface area contributed by atoms with Crippen molar-refractivity contribution in [3.8, 4) is 0 Å². The monoisotopic (exact) mass is 308 g/mol. The molecular weight excluding hydrogens is 297 g/mol. The zero-order valence-corrected chi connectivity index (χ0v) is 11.6. The van der Waals surface area contributed by atoms with Gasteiger partial charge in [-0.2, -0.15) is 13.2 Å². The number of alkyl halides is 3. The number of methoxy groups -OCH3 is 1. The van der Waals surface area contributed by atoms with Crippen LogP contribution in [0.2, 0.25) is 0 Å². The van der Waals surface area contributed by atoms with Gasteiger partial charge in [0.2, 0.25) is 0 Å². The van der Waals surface area contributed by atoms with Crippen LogP contribution >= 0.6 is 11.8 Å². The van der Waals surface area contributed by atoms with Crippen LogP contribution in [0.3, 0.4) is 0 Å². The third-order valence-electron chi connectivity index (χ3n) is 2.11. The molecular formula is C11H11F3N2O3S. The van der Waals surface area contributed by atoms with E-state index >= 15 is 0 Å². The van der Waals surface area contributed by atoms with Crippen molar-refractivity contribution in [2.75, 3.05) is 21.2 Å². The third kappa shape index (κ3) is 3.86. The molecule has 0 saturated carbocycles. The predicted molar refractivity (Wildman–Crippen MR) is 65.5 cm³/mol. The Morgan fingerprint density at radius 2 is 1.90 bits per heavy atom. The lowest BCUT2D eigenvalue weighted by molar-refractivity contribution is -0.141. The molecule has 1 rings (SSSR count). The number of carbonyl (C=O) groups is 2. The summed E-state index contributed by atoms with van der Waals surface area (Å²) in [6, 6.07) is 1.60. The van der Waals surface area contributed by atoms with Crippen molar-refractivity contribution in [1.82, 2.24) is 9.88 Å². The number of hydrogen-bond acceptors (Lipinski definition) is 5. The number of esters is 1. The number of carbonyl (C=O) groups excluding carboxylic acids is 2. The summed E-state index contributed by atoms with van der Waals surface area (Å²) in [7, 11) is 3.95. The van der Waals surface area contributed by atoms with Gasteiger partial charge in [-0.25, -0.2) is 9.78 Å². The molecule has 0 aliphatic carbocycles. The SMILES string of the molecule is COC(=O)c1ccc(C(F)(F)F)nc1SC(=O)N(C)C. The quantitative estimate of drug-likeness (QED) is 0.621. The highest BCUT2D eigenvalue weighted by atomic mass is 32.2. The minimum atomic E-state index is -4.66. The number of halogens is 3. The Morgan fingerprint density at radius 1 is 1.30 bits per heavy atom. The molecule has 0 aromatic carbocycles. The van der Waals surface area contributed by atoms with Crippen molar-refractivity contribution in [2.45, 2.75) is 11.2 Å². The Kier molecular flexibility index (Phi) is 4.98. The van der Waals surface area contributed by atoms with Crippen LogP contribution in [0, 0.1) is 0 Å². The first kappa shape index (κ1) is 16.3. The van der Waals surface area contributed by atoms with Gasteiger partial charge in [-0.3, -0.25) is 4.79 Å². The molecule has 1 aromatic rings. The summed E-state index contributed by atoms with van der Waals surface area (Å²) in [4.78, 5) is 27.5. The number of pyridine rings is 1. The second-order valence-corrected chi connectivity index (χ2v) is 4.74. The summed E-state index contributed by atoms with van der Waals surface area (Å²) in [6.45, 7) is 0. The molecule has 0 fully saturated rings. The molecule has 0 N–H and O–H groups in total. The van der Waals surface area contributed by atoms with Crippen molar-refractivity contribution in [1.29, 1.82) is 0 Å². The van der Waals surface area contributed by atoms with Crippen LogP contribution in [-0.2, 0) is 10.9 Å². The lowest BCUT2D eigenvalue weighted by Gasteiger charge is -2.13. The summed E-state index contributed by atoms with van der Waals surface area (Å²) in [5.41, 5.74) is -1.38. The molecule has 1 amide bonds. The van der Waals surface area contributed by atoms with E-state index in [9.17, 15) is 22.8 Å². The standard InChI is InChI=1S/C11H11F3N2O3S/c1-16(2)10(18)20-8-6(9(17)19-3)4-5-7(15-8)11(12,13)14/h4-5H,1-3H3. The van der Waals surface area contributed by atoms with Gasteiger partial charge >= 0.3 is 12.1 Å². The highest BCUT2D eigenvalue weighted by Crippen LogP contribution is 2.31. The van der Waals surface area contributed by atoms with Gasteiger partial charge < -0.3 is 9.64 Å². The zero-order valence-electron chi connectivity index (χ0n) is 10.8. The molecule has 1 heterocycles. The molecule has 9 heteroatoms. The van der Waals surface area contributed by atoms with E-state index in [4.69, 9.17) is 0 Å². The molecule has 0 radical (unpaired) electrons. The smallest absolute Gasteiger partial charge is 0.433 e. The number of nitrogens with zero attached hydrogens (tertiary/aromatic N) is 2. The highest BCUT2D eigenvalue weighted by molar-refractivity contribution is 8.13. The fourth-order valence-corrected chi connectivity index (χ4v) is 1.87. The van der Waals surface area contributed by atoms with Gasteiger partial charge in [-0.05, 0) is 23.9 Å². The van der Waals surface area contributed by atoms with E-state index in [0.717, 1.165) is 18.1 Å². The van der Waals surface area contributed by atoms with E-state index in [1.54, 1.807) is 0 Å². The lowest BCUT2D eigenvalue weighted by atomic mass is 10.2. The average molecular weight is 308 g/mol.